The number of rotatable bonds is 23. The smallest absolute Gasteiger partial charge is 0.216 e. The summed E-state index contributed by atoms with van der Waals surface area (Å²) in [5.74, 6) is 8.20. The third-order valence-corrected chi connectivity index (χ3v) is 43.9. The van der Waals surface area contributed by atoms with Gasteiger partial charge in [0.25, 0.3) is 0 Å². The first-order valence-corrected chi connectivity index (χ1v) is 46.4. The minimum Gasteiger partial charge on any atom is -0.287 e. The predicted octanol–water partition coefficient (Wildman–Crippen LogP) is 27.3. The summed E-state index contributed by atoms with van der Waals surface area (Å²) in [5.41, 5.74) is 17.7. The van der Waals surface area contributed by atoms with Crippen molar-refractivity contribution in [1.29, 1.82) is 0 Å². The van der Waals surface area contributed by atoms with Crippen LogP contribution < -0.4 is 0 Å². The Hall–Kier alpha value is -2.92. The Labute approximate surface area is 590 Å². The fourth-order valence-corrected chi connectivity index (χ4v) is 36.7. The molecule has 1 aromatic carbocycles. The maximum absolute atomic E-state index is 14.1. The molecule has 0 amide bonds. The van der Waals surface area contributed by atoms with E-state index in [0.29, 0.717) is 54.3 Å². The zero-order valence-electron chi connectivity index (χ0n) is 54.8. The maximum Gasteiger partial charge on any atom is 0.216 e. The van der Waals surface area contributed by atoms with Gasteiger partial charge in [0.15, 0.2) is 0 Å². The van der Waals surface area contributed by atoms with Gasteiger partial charge in [-0.2, -0.15) is 0 Å². The van der Waals surface area contributed by atoms with E-state index in [1.165, 1.54) is 159 Å². The maximum atomic E-state index is 14.1. The number of carbonyl (C=O) groups is 2. The predicted molar refractivity (Wildman–Crippen MR) is 420 cm³/mol. The molecule has 0 aliphatic heterocycles. The molecule has 10 aromatic rings. The number of thiophene rings is 8. The van der Waals surface area contributed by atoms with Crippen LogP contribution in [0.1, 0.15) is 202 Å². The van der Waals surface area contributed by atoms with E-state index in [9.17, 15) is 9.59 Å². The van der Waals surface area contributed by atoms with Crippen LogP contribution >= 0.6 is 134 Å². The van der Waals surface area contributed by atoms with Gasteiger partial charge in [-0.25, -0.2) is 4.98 Å². The highest BCUT2D eigenvalue weighted by molar-refractivity contribution is 9.09. The van der Waals surface area contributed by atoms with Crippen molar-refractivity contribution in [2.45, 2.75) is 201 Å². The second-order valence-corrected chi connectivity index (χ2v) is 49.3. The van der Waals surface area contributed by atoms with Crippen LogP contribution in [0, 0.1) is 43.7 Å². The summed E-state index contributed by atoms with van der Waals surface area (Å²) in [6.07, 6.45) is 11.7. The molecule has 9 aromatic heterocycles. The highest BCUT2D eigenvalue weighted by Gasteiger charge is 2.44. The topological polar surface area (TPSA) is 47.0 Å². The van der Waals surface area contributed by atoms with Gasteiger partial charge in [-0.15, -0.1) is 113 Å². The van der Waals surface area contributed by atoms with Crippen LogP contribution in [-0.4, -0.2) is 43.4 Å². The fraction of sp³-hybridized carbons (Fsp3) is 0.446. The number of thiazole rings is 1. The third-order valence-electron chi connectivity index (χ3n) is 19.1. The zero-order valence-corrected chi connectivity index (χ0v) is 67.3. The summed E-state index contributed by atoms with van der Waals surface area (Å²) in [6, 6.07) is 19.4. The quantitative estimate of drug-likeness (QED) is 0.0277. The van der Waals surface area contributed by atoms with Crippen LogP contribution in [0.5, 0.6) is 0 Å². The summed E-state index contributed by atoms with van der Waals surface area (Å²) < 4.78 is 3.59. The SMILES string of the molecule is Cc1ccc(-c2sc(-c3cc4c(C#C[Si](C(C)C)(C(C)C)C(C)C)c5sc(-c6cc(CCCCCCBr)c(-c7ccc(-c8sc(C)c9c%10c(sc89)C(=O)c8sc(C)nc8C%10=O)s7)s6)cc5c(C#C[Si](C(C)C)(C(C)C)C(C)C)c4s3)cc2CCCCCCBr)s1. The molecule has 0 atom stereocenters. The van der Waals surface area contributed by atoms with Crippen molar-refractivity contribution in [3.63, 3.8) is 0 Å². The monoisotopic (exact) mass is 1520 g/mol. The number of unbranched alkanes of at least 4 members (excludes halogenated alkanes) is 6. The Morgan fingerprint density at radius 3 is 1.33 bits per heavy atom. The Bertz CT molecular complexity index is 4300. The fourth-order valence-electron chi connectivity index (χ4n) is 14.7. The summed E-state index contributed by atoms with van der Waals surface area (Å²) in [7, 11) is -4.36. The average Bonchev–Trinajstić information content (AvgIpc) is 1.56. The number of hydrogen-bond acceptors (Lipinski definition) is 12. The van der Waals surface area contributed by atoms with E-state index < -0.39 is 16.1 Å². The lowest BCUT2D eigenvalue weighted by Gasteiger charge is -2.38. The normalized spacial score (nSPS) is 13.1. The van der Waals surface area contributed by atoms with E-state index in [1.807, 2.05) is 74.9 Å². The number of carbonyl (C=O) groups excluding carboxylic acids is 2. The molecule has 0 spiro atoms. The van der Waals surface area contributed by atoms with E-state index in [1.54, 1.807) is 11.3 Å². The van der Waals surface area contributed by atoms with E-state index in [0.717, 1.165) is 54.8 Å². The van der Waals surface area contributed by atoms with Gasteiger partial charge in [-0.1, -0.05) is 152 Å². The lowest BCUT2D eigenvalue weighted by molar-refractivity contribution is 0.0983. The van der Waals surface area contributed by atoms with E-state index >= 15 is 0 Å². The van der Waals surface area contributed by atoms with Gasteiger partial charge in [0.1, 0.15) is 26.7 Å². The molecular formula is C74H83Br2NO2S9Si2. The van der Waals surface area contributed by atoms with Crippen LogP contribution in [0.2, 0.25) is 33.2 Å². The molecule has 1 aliphatic rings. The van der Waals surface area contributed by atoms with Crippen molar-refractivity contribution in [3.05, 3.63) is 107 Å². The second-order valence-electron chi connectivity index (χ2n) is 26.5. The number of nitrogens with zero attached hydrogens (tertiary/aromatic N) is 1. The molecule has 0 fully saturated rings. The number of benzene rings is 1. The number of ketones is 2. The molecule has 1 aliphatic carbocycles. The highest BCUT2D eigenvalue weighted by Crippen LogP contribution is 2.55. The lowest BCUT2D eigenvalue weighted by Crippen LogP contribution is -2.43. The number of fused-ring (bicyclic) bond motifs is 6. The van der Waals surface area contributed by atoms with Gasteiger partial charge in [-0.3, -0.25) is 9.59 Å². The van der Waals surface area contributed by atoms with Crippen LogP contribution in [-0.2, 0) is 12.8 Å². The molecule has 472 valence electrons. The zero-order chi connectivity index (χ0) is 64.2. The van der Waals surface area contributed by atoms with Gasteiger partial charge in [-0.05, 0) is 152 Å². The molecule has 3 nitrogen and oxygen atoms in total. The van der Waals surface area contributed by atoms with Gasteiger partial charge in [0, 0.05) is 80.5 Å². The van der Waals surface area contributed by atoms with Gasteiger partial charge >= 0.3 is 0 Å². The van der Waals surface area contributed by atoms with Crippen molar-refractivity contribution in [2.75, 3.05) is 10.7 Å². The van der Waals surface area contributed by atoms with Gasteiger partial charge in [0.2, 0.25) is 11.6 Å². The van der Waals surface area contributed by atoms with Crippen molar-refractivity contribution in [3.8, 4) is 71.7 Å². The number of aryl methyl sites for hydroxylation is 5. The first-order valence-electron chi connectivity index (χ1n) is 32.3. The first-order chi connectivity index (χ1) is 43.0. The molecule has 9 heterocycles. The van der Waals surface area contributed by atoms with Crippen LogP contribution in [0.25, 0.3) is 79.0 Å². The van der Waals surface area contributed by atoms with Crippen molar-refractivity contribution >= 4 is 192 Å². The number of halogens is 2. The molecule has 0 N–H and O–H groups in total. The van der Waals surface area contributed by atoms with E-state index in [-0.39, 0.29) is 11.6 Å². The molecule has 0 saturated heterocycles. The molecule has 0 saturated carbocycles. The summed E-state index contributed by atoms with van der Waals surface area (Å²) in [5, 5.41) is 6.29. The van der Waals surface area contributed by atoms with Gasteiger partial charge in [0.05, 0.1) is 45.6 Å². The van der Waals surface area contributed by atoms with Crippen LogP contribution in [0.3, 0.4) is 0 Å². The average molecular weight is 1520 g/mol. The summed E-state index contributed by atoms with van der Waals surface area (Å²) in [4.78, 5) is 49.1. The van der Waals surface area contributed by atoms with E-state index in [2.05, 4.69) is 205 Å². The van der Waals surface area contributed by atoms with Crippen molar-refractivity contribution in [1.82, 2.24) is 4.98 Å². The lowest BCUT2D eigenvalue weighted by atomic mass is 9.96. The molecule has 11 rings (SSSR count). The summed E-state index contributed by atoms with van der Waals surface area (Å²) in [6.45, 7) is 35.5. The standard InChI is InChI=1S/C74H83Br2NO2S9Si2/c1-40(2)89(41(3)4,42(5)6)34-30-51-53-38-60(58-36-49(24-20-16-18-22-32-75)67(84-58)55-27-26-46(13)80-55)86-69(53)52(31-35-90(43(7)8,44(9)10)45(11)12)54-39-61(87-70(51)54)59-37-50(25-21-17-19-23-33-76)68(85-59)56-28-29-57(83-56)71-73-62(47(14)81-71)63-65(78)64-74(82-48(15)77-64)66(79)72(63)88-73/h26-29,36-45H,16-25,32-33H2,1-15H3. The molecule has 0 bridgehead atoms. The van der Waals surface area contributed by atoms with Gasteiger partial charge < -0.3 is 0 Å². The molecule has 90 heavy (non-hydrogen) atoms. The molecular weight excluding hydrogens is 1440 g/mol. The summed E-state index contributed by atoms with van der Waals surface area (Å²) >= 11 is 23.5. The molecule has 0 radical (unpaired) electrons. The largest absolute Gasteiger partial charge is 0.287 e. The van der Waals surface area contributed by atoms with Crippen LogP contribution in [0.15, 0.2) is 48.5 Å². The first kappa shape index (κ1) is 68.5. The Kier molecular flexibility index (Phi) is 21.6. The molecule has 16 heteroatoms. The molecule has 0 unspecified atom stereocenters. The van der Waals surface area contributed by atoms with Crippen molar-refractivity contribution < 1.29 is 9.59 Å². The minimum absolute atomic E-state index is 0.0638. The Balaban J connectivity index is 1.11. The number of hydrogen-bond donors (Lipinski definition) is 0. The minimum atomic E-state index is -2.18. The highest BCUT2D eigenvalue weighted by atomic mass is 79.9. The second kappa shape index (κ2) is 28.4. The number of aromatic nitrogens is 1. The van der Waals surface area contributed by atoms with Crippen molar-refractivity contribution in [2.24, 2.45) is 0 Å². The Morgan fingerprint density at radius 2 is 0.878 bits per heavy atom. The van der Waals surface area contributed by atoms with Crippen LogP contribution in [0.4, 0.5) is 0 Å². The Morgan fingerprint density at radius 1 is 0.433 bits per heavy atom. The number of alkyl halides is 2. The third kappa shape index (κ3) is 12.8. The van der Waals surface area contributed by atoms with E-state index in [4.69, 9.17) is 0 Å².